The van der Waals surface area contributed by atoms with E-state index in [9.17, 15) is 14.7 Å². The Labute approximate surface area is 223 Å². The van der Waals surface area contributed by atoms with Gasteiger partial charge in [0.25, 0.3) is 5.91 Å². The van der Waals surface area contributed by atoms with Crippen LogP contribution in [0, 0.1) is 5.92 Å². The number of hydrogen-bond donors (Lipinski definition) is 5. The summed E-state index contributed by atoms with van der Waals surface area (Å²) in [5.74, 6) is -0.506. The molecule has 0 saturated heterocycles. The molecule has 38 heavy (non-hydrogen) atoms. The van der Waals surface area contributed by atoms with E-state index >= 15 is 0 Å². The third kappa shape index (κ3) is 5.33. The van der Waals surface area contributed by atoms with E-state index in [1.807, 2.05) is 25.1 Å². The summed E-state index contributed by atoms with van der Waals surface area (Å²) in [6, 6.07) is 10.3. The highest BCUT2D eigenvalue weighted by atomic mass is 16.5. The first kappa shape index (κ1) is 27.8. The number of unbranched alkanes of at least 4 members (excludes halogenated alkanes) is 1. The molecule has 2 aliphatic heterocycles. The number of nitrogens with one attached hydrogen (secondary N) is 2. The second kappa shape index (κ2) is 12.1. The van der Waals surface area contributed by atoms with Crippen molar-refractivity contribution >= 4 is 28.9 Å². The van der Waals surface area contributed by atoms with Gasteiger partial charge in [0.2, 0.25) is 5.91 Å². The predicted molar refractivity (Wildman–Crippen MR) is 146 cm³/mol. The van der Waals surface area contributed by atoms with Crippen LogP contribution in [0.15, 0.2) is 48.6 Å². The van der Waals surface area contributed by atoms with Crippen LogP contribution in [0.25, 0.3) is 0 Å². The lowest BCUT2D eigenvalue weighted by atomic mass is 9.82. The molecule has 0 spiro atoms. The molecule has 2 amide bonds. The minimum absolute atomic E-state index is 0.0225. The Morgan fingerprint density at radius 1 is 1.18 bits per heavy atom. The minimum Gasteiger partial charge on any atom is -0.494 e. The molecule has 2 aliphatic rings. The van der Waals surface area contributed by atoms with Crippen molar-refractivity contribution in [3.8, 4) is 5.75 Å². The third-order valence-corrected chi connectivity index (χ3v) is 7.17. The van der Waals surface area contributed by atoms with Crippen molar-refractivity contribution in [3.05, 3.63) is 59.7 Å². The summed E-state index contributed by atoms with van der Waals surface area (Å²) in [6.45, 7) is 4.86. The Bertz CT molecular complexity index is 1200. The topological polar surface area (TPSA) is 131 Å². The molecular weight excluding hydrogens is 486 g/mol. The lowest BCUT2D eigenvalue weighted by Crippen LogP contribution is -2.49. The van der Waals surface area contributed by atoms with Gasteiger partial charge < -0.3 is 30.7 Å². The van der Waals surface area contributed by atoms with Crippen LogP contribution < -0.4 is 20.3 Å². The van der Waals surface area contributed by atoms with Crippen molar-refractivity contribution < 1.29 is 29.6 Å². The number of anilines is 3. The molecule has 3 atom stereocenters. The maximum absolute atomic E-state index is 13.8. The van der Waals surface area contributed by atoms with Crippen LogP contribution in [0.3, 0.4) is 0 Å². The molecule has 9 nitrogen and oxygen atoms in total. The molecule has 1 unspecified atom stereocenters. The molecular formula is C29H37N3O6. The predicted octanol–water partition coefficient (Wildman–Crippen LogP) is 2.75. The second-order valence-electron chi connectivity index (χ2n) is 9.72. The number of ether oxygens (including phenoxy) is 1. The number of carbonyl (C=O) groups excluding carboxylic acids is 2. The van der Waals surface area contributed by atoms with E-state index in [0.717, 1.165) is 23.4 Å². The first-order valence-electron chi connectivity index (χ1n) is 13.2. The first-order chi connectivity index (χ1) is 18.3. The lowest BCUT2D eigenvalue weighted by molar-refractivity contribution is -0.137. The Hall–Kier alpha value is -3.24. The molecule has 5 N–H and O–H groups in total. The molecule has 4 rings (SSSR count). The minimum atomic E-state index is -1.82. The maximum Gasteiger partial charge on any atom is 0.261 e. The summed E-state index contributed by atoms with van der Waals surface area (Å²) >= 11 is 0. The van der Waals surface area contributed by atoms with Gasteiger partial charge in [0.1, 0.15) is 5.75 Å². The average Bonchev–Trinajstić information content (AvgIpc) is 3.17. The van der Waals surface area contributed by atoms with E-state index in [2.05, 4.69) is 10.6 Å². The van der Waals surface area contributed by atoms with Crippen LogP contribution in [0.5, 0.6) is 5.75 Å². The Kier molecular flexibility index (Phi) is 8.83. The number of carbonyl (C=O) groups is 2. The van der Waals surface area contributed by atoms with Gasteiger partial charge in [-0.2, -0.15) is 0 Å². The highest BCUT2D eigenvalue weighted by molar-refractivity contribution is 6.09. The monoisotopic (exact) mass is 523 g/mol. The van der Waals surface area contributed by atoms with Crippen LogP contribution >= 0.6 is 0 Å². The number of fused-ring (bicyclic) bond motifs is 2. The first-order valence-corrected chi connectivity index (χ1v) is 13.2. The van der Waals surface area contributed by atoms with Crippen molar-refractivity contribution in [2.24, 2.45) is 5.92 Å². The fraction of sp³-hybridized carbons (Fsp3) is 0.448. The maximum atomic E-state index is 13.8. The highest BCUT2D eigenvalue weighted by Crippen LogP contribution is 2.45. The van der Waals surface area contributed by atoms with Crippen molar-refractivity contribution in [3.63, 3.8) is 0 Å². The van der Waals surface area contributed by atoms with Gasteiger partial charge in [-0.15, -0.1) is 0 Å². The van der Waals surface area contributed by atoms with Gasteiger partial charge in [-0.3, -0.25) is 14.5 Å². The summed E-state index contributed by atoms with van der Waals surface area (Å²) in [6.07, 6.45) is 5.77. The van der Waals surface area contributed by atoms with Crippen LogP contribution in [0.4, 0.5) is 17.1 Å². The SMILES string of the molecule is CCOc1ccc2c(c1)CC(NCCCCO)C(=O)N2c1ccc2c(c1)[C@@](O)([C@H](C)/C=C/CCO)C(=O)N2. The van der Waals surface area contributed by atoms with Crippen LogP contribution in [-0.4, -0.2) is 59.5 Å². The van der Waals surface area contributed by atoms with Crippen LogP contribution in [0.2, 0.25) is 0 Å². The molecule has 2 aromatic carbocycles. The Morgan fingerprint density at radius 3 is 2.74 bits per heavy atom. The molecule has 0 radical (unpaired) electrons. The molecule has 0 aromatic heterocycles. The van der Waals surface area contributed by atoms with Gasteiger partial charge in [-0.25, -0.2) is 0 Å². The second-order valence-corrected chi connectivity index (χ2v) is 9.72. The van der Waals surface area contributed by atoms with Crippen molar-refractivity contribution in [2.45, 2.75) is 51.2 Å². The summed E-state index contributed by atoms with van der Waals surface area (Å²) in [7, 11) is 0. The molecule has 0 fully saturated rings. The molecule has 0 aliphatic carbocycles. The molecule has 2 aromatic rings. The molecule has 204 valence electrons. The zero-order chi connectivity index (χ0) is 27.3. The number of aliphatic hydroxyl groups is 3. The van der Waals surface area contributed by atoms with Crippen molar-refractivity contribution in [1.82, 2.24) is 5.32 Å². The zero-order valence-corrected chi connectivity index (χ0v) is 21.9. The van der Waals surface area contributed by atoms with Gasteiger partial charge in [-0.05, 0) is 81.1 Å². The number of benzene rings is 2. The van der Waals surface area contributed by atoms with Gasteiger partial charge >= 0.3 is 0 Å². The zero-order valence-electron chi connectivity index (χ0n) is 21.9. The third-order valence-electron chi connectivity index (χ3n) is 7.17. The van der Waals surface area contributed by atoms with E-state index in [1.54, 1.807) is 42.2 Å². The van der Waals surface area contributed by atoms with Gasteiger partial charge in [0, 0.05) is 36.1 Å². The fourth-order valence-corrected chi connectivity index (χ4v) is 5.12. The van der Waals surface area contributed by atoms with Crippen LogP contribution in [0.1, 0.15) is 44.2 Å². The number of amides is 2. The Balaban J connectivity index is 1.73. The lowest BCUT2D eigenvalue weighted by Gasteiger charge is -2.35. The number of hydrogen-bond acceptors (Lipinski definition) is 7. The molecule has 9 heteroatoms. The van der Waals surface area contributed by atoms with E-state index in [-0.39, 0.29) is 19.1 Å². The van der Waals surface area contributed by atoms with Crippen LogP contribution in [-0.2, 0) is 21.6 Å². The number of aliphatic hydroxyl groups excluding tert-OH is 2. The largest absolute Gasteiger partial charge is 0.494 e. The highest BCUT2D eigenvalue weighted by Gasteiger charge is 2.49. The quantitative estimate of drug-likeness (QED) is 0.214. The van der Waals surface area contributed by atoms with Gasteiger partial charge in [0.05, 0.1) is 18.3 Å². The number of nitrogens with zero attached hydrogens (tertiary/aromatic N) is 1. The average molecular weight is 524 g/mol. The van der Waals surface area contributed by atoms with Gasteiger partial charge in [-0.1, -0.05) is 19.1 Å². The van der Waals surface area contributed by atoms with Crippen molar-refractivity contribution in [2.75, 3.05) is 36.6 Å². The molecule has 2 heterocycles. The molecule has 0 saturated carbocycles. The summed E-state index contributed by atoms with van der Waals surface area (Å²) in [5.41, 5.74) is 1.30. The van der Waals surface area contributed by atoms with E-state index in [1.165, 1.54) is 0 Å². The summed E-state index contributed by atoms with van der Waals surface area (Å²) in [5, 5.41) is 35.9. The van der Waals surface area contributed by atoms with E-state index in [4.69, 9.17) is 14.9 Å². The van der Waals surface area contributed by atoms with E-state index < -0.39 is 23.5 Å². The molecule has 0 bridgehead atoms. The normalized spacial score (nSPS) is 21.4. The fourth-order valence-electron chi connectivity index (χ4n) is 5.12. The Morgan fingerprint density at radius 2 is 2.00 bits per heavy atom. The summed E-state index contributed by atoms with van der Waals surface area (Å²) < 4.78 is 5.70. The number of rotatable bonds is 12. The summed E-state index contributed by atoms with van der Waals surface area (Å²) in [4.78, 5) is 28.4. The van der Waals surface area contributed by atoms with Gasteiger partial charge in [0.15, 0.2) is 5.60 Å². The smallest absolute Gasteiger partial charge is 0.261 e. The standard InChI is InChI=1S/C29H37N3O6/c1-3-38-22-10-12-26-20(16-22)17-25(30-13-5-7-15-34)27(35)32(26)21-9-11-24-23(18-21)29(37,28(36)31-24)19(2)8-4-6-14-33/h4,8-12,16,18-19,25,30,33-34,37H,3,5-7,13-15,17H2,1-2H3,(H,31,36)/b8-4+/t19-,25?,29+/m1/s1. The van der Waals surface area contributed by atoms with E-state index in [0.29, 0.717) is 49.4 Å². The van der Waals surface area contributed by atoms with Crippen molar-refractivity contribution in [1.29, 1.82) is 0 Å².